The van der Waals surface area contributed by atoms with Gasteiger partial charge < -0.3 is 5.32 Å². The van der Waals surface area contributed by atoms with Crippen LogP contribution in [0.3, 0.4) is 0 Å². The van der Waals surface area contributed by atoms with Crippen molar-refractivity contribution in [2.75, 3.05) is 7.05 Å². The van der Waals surface area contributed by atoms with Gasteiger partial charge >= 0.3 is 0 Å². The molecule has 1 atom stereocenters. The van der Waals surface area contributed by atoms with Crippen LogP contribution in [0.2, 0.25) is 4.34 Å². The first-order valence-electron chi connectivity index (χ1n) is 6.50. The van der Waals surface area contributed by atoms with Crippen molar-refractivity contribution in [2.24, 2.45) is 5.41 Å². The molecule has 1 unspecified atom stereocenters. The van der Waals surface area contributed by atoms with E-state index in [1.807, 2.05) is 0 Å². The molecule has 1 aliphatic carbocycles. The van der Waals surface area contributed by atoms with Gasteiger partial charge in [-0.05, 0) is 43.9 Å². The van der Waals surface area contributed by atoms with Crippen LogP contribution < -0.4 is 5.32 Å². The summed E-state index contributed by atoms with van der Waals surface area (Å²) in [5.41, 5.74) is 1.61. The van der Waals surface area contributed by atoms with Crippen molar-refractivity contribution in [3.63, 3.8) is 0 Å². The number of thiophene rings is 1. The van der Waals surface area contributed by atoms with Gasteiger partial charge in [-0.1, -0.05) is 37.8 Å². The van der Waals surface area contributed by atoms with Crippen LogP contribution in [0.25, 0.3) is 0 Å². The highest BCUT2D eigenvalue weighted by Crippen LogP contribution is 2.47. The van der Waals surface area contributed by atoms with Crippen molar-refractivity contribution in [3.05, 3.63) is 20.8 Å². The summed E-state index contributed by atoms with van der Waals surface area (Å²) in [4.78, 5) is 1.40. The molecular weight excluding hydrogens is 250 g/mol. The smallest absolute Gasteiger partial charge is 0.0960 e. The van der Waals surface area contributed by atoms with Crippen LogP contribution in [-0.2, 0) is 0 Å². The molecule has 1 saturated carbocycles. The molecule has 17 heavy (non-hydrogen) atoms. The monoisotopic (exact) mass is 271 g/mol. The molecule has 0 spiro atoms. The normalized spacial score (nSPS) is 21.4. The first-order chi connectivity index (χ1) is 8.07. The highest BCUT2D eigenvalue weighted by Gasteiger charge is 2.36. The zero-order valence-electron chi connectivity index (χ0n) is 11.0. The third-order valence-corrected chi connectivity index (χ3v) is 5.76. The zero-order valence-corrected chi connectivity index (χ0v) is 12.5. The van der Waals surface area contributed by atoms with Crippen molar-refractivity contribution in [1.29, 1.82) is 0 Å². The Morgan fingerprint density at radius 1 is 1.35 bits per heavy atom. The van der Waals surface area contributed by atoms with Crippen LogP contribution >= 0.6 is 22.9 Å². The second-order valence-electron chi connectivity index (χ2n) is 5.54. The lowest BCUT2D eigenvalue weighted by Crippen LogP contribution is -2.35. The molecule has 2 rings (SSSR count). The van der Waals surface area contributed by atoms with Gasteiger partial charge in [-0.25, -0.2) is 0 Å². The lowest BCUT2D eigenvalue weighted by Gasteiger charge is -2.40. The number of hydrogen-bond donors (Lipinski definition) is 1. The van der Waals surface area contributed by atoms with Crippen LogP contribution in [-0.4, -0.2) is 7.05 Å². The molecule has 0 radical (unpaired) electrons. The van der Waals surface area contributed by atoms with Gasteiger partial charge in [0, 0.05) is 10.9 Å². The van der Waals surface area contributed by atoms with Gasteiger partial charge in [0.05, 0.1) is 4.34 Å². The molecule has 1 aromatic heterocycles. The lowest BCUT2D eigenvalue weighted by atomic mass is 9.70. The maximum Gasteiger partial charge on any atom is 0.0960 e. The molecule has 0 saturated heterocycles. The van der Waals surface area contributed by atoms with Crippen molar-refractivity contribution in [3.8, 4) is 0 Å². The van der Waals surface area contributed by atoms with Gasteiger partial charge in [0.25, 0.3) is 0 Å². The Morgan fingerprint density at radius 2 is 2.00 bits per heavy atom. The van der Waals surface area contributed by atoms with Gasteiger partial charge in [-0.3, -0.25) is 0 Å². The lowest BCUT2D eigenvalue weighted by molar-refractivity contribution is 0.152. The number of aryl methyl sites for hydroxylation is 1. The maximum absolute atomic E-state index is 6.21. The average Bonchev–Trinajstić information content (AvgIpc) is 2.60. The summed E-state index contributed by atoms with van der Waals surface area (Å²) in [6.07, 6.45) is 6.79. The predicted octanol–water partition coefficient (Wildman–Crippen LogP) is 4.94. The predicted molar refractivity (Wildman–Crippen MR) is 77.1 cm³/mol. The largest absolute Gasteiger partial charge is 0.312 e. The summed E-state index contributed by atoms with van der Waals surface area (Å²) in [6.45, 7) is 4.52. The van der Waals surface area contributed by atoms with Crippen molar-refractivity contribution < 1.29 is 0 Å². The van der Waals surface area contributed by atoms with E-state index in [4.69, 9.17) is 11.6 Å². The van der Waals surface area contributed by atoms with Crippen LogP contribution in [0.5, 0.6) is 0 Å². The molecule has 1 aliphatic rings. The zero-order chi connectivity index (χ0) is 12.5. The second kappa shape index (κ2) is 5.29. The minimum atomic E-state index is 0.396. The summed E-state index contributed by atoms with van der Waals surface area (Å²) in [5, 5.41) is 3.52. The molecule has 96 valence electrons. The van der Waals surface area contributed by atoms with Crippen LogP contribution in [0.15, 0.2) is 6.07 Å². The number of halogens is 1. The Hall–Kier alpha value is -0.0500. The van der Waals surface area contributed by atoms with E-state index >= 15 is 0 Å². The number of rotatable bonds is 3. The summed E-state index contributed by atoms with van der Waals surface area (Å²) >= 11 is 7.95. The Bertz CT molecular complexity index is 360. The van der Waals surface area contributed by atoms with Crippen LogP contribution in [0.1, 0.15) is 55.5 Å². The highest BCUT2D eigenvalue weighted by atomic mass is 35.5. The van der Waals surface area contributed by atoms with E-state index in [9.17, 15) is 0 Å². The van der Waals surface area contributed by atoms with E-state index in [2.05, 4.69) is 32.3 Å². The molecule has 0 bridgehead atoms. The van der Waals surface area contributed by atoms with Gasteiger partial charge in [0.1, 0.15) is 0 Å². The Morgan fingerprint density at radius 3 is 2.47 bits per heavy atom. The summed E-state index contributed by atoms with van der Waals surface area (Å²) in [7, 11) is 2.08. The third-order valence-electron chi connectivity index (χ3n) is 4.14. The molecule has 1 aromatic rings. The highest BCUT2D eigenvalue weighted by molar-refractivity contribution is 7.16. The molecule has 0 aliphatic heterocycles. The molecule has 0 amide bonds. The molecular formula is C14H22ClNS. The Balaban J connectivity index is 2.25. The van der Waals surface area contributed by atoms with Crippen molar-refractivity contribution in [1.82, 2.24) is 5.32 Å². The Kier molecular flexibility index (Phi) is 4.17. The molecule has 1 nitrogen and oxygen atoms in total. The fraction of sp³-hybridized carbons (Fsp3) is 0.714. The van der Waals surface area contributed by atoms with E-state index in [-0.39, 0.29) is 0 Å². The van der Waals surface area contributed by atoms with E-state index in [1.165, 1.54) is 42.5 Å². The number of hydrogen-bond acceptors (Lipinski definition) is 2. The molecule has 3 heteroatoms. The fourth-order valence-corrected chi connectivity index (χ4v) is 4.61. The topological polar surface area (TPSA) is 12.0 Å². The van der Waals surface area contributed by atoms with Crippen molar-refractivity contribution in [2.45, 2.75) is 52.0 Å². The van der Waals surface area contributed by atoms with Gasteiger partial charge in [0.2, 0.25) is 0 Å². The minimum absolute atomic E-state index is 0.396. The van der Waals surface area contributed by atoms with E-state index in [0.717, 1.165) is 4.34 Å². The van der Waals surface area contributed by atoms with Crippen LogP contribution in [0.4, 0.5) is 0 Å². The summed E-state index contributed by atoms with van der Waals surface area (Å²) < 4.78 is 0.944. The van der Waals surface area contributed by atoms with E-state index in [0.29, 0.717) is 11.5 Å². The standard InChI is InChI=1S/C14H22ClNS/c1-10-9-11(17-13(10)15)12(16-3)14(2)7-5-4-6-8-14/h9,12,16H,4-8H2,1-3H3. The SMILES string of the molecule is CNC(c1cc(C)c(Cl)s1)C1(C)CCCCC1. The molecule has 1 fully saturated rings. The second-order valence-corrected chi connectivity index (χ2v) is 7.23. The first-order valence-corrected chi connectivity index (χ1v) is 7.69. The average molecular weight is 272 g/mol. The first kappa shape index (κ1) is 13.4. The summed E-state index contributed by atoms with van der Waals surface area (Å²) in [5.74, 6) is 0. The minimum Gasteiger partial charge on any atom is -0.312 e. The molecule has 1 heterocycles. The third kappa shape index (κ3) is 2.69. The van der Waals surface area contributed by atoms with E-state index in [1.54, 1.807) is 11.3 Å². The van der Waals surface area contributed by atoms with Crippen molar-refractivity contribution >= 4 is 22.9 Å². The van der Waals surface area contributed by atoms with Gasteiger partial charge in [-0.15, -0.1) is 11.3 Å². The maximum atomic E-state index is 6.21. The fourth-order valence-electron chi connectivity index (χ4n) is 3.11. The van der Waals surface area contributed by atoms with E-state index < -0.39 is 0 Å². The van der Waals surface area contributed by atoms with Gasteiger partial charge in [-0.2, -0.15) is 0 Å². The van der Waals surface area contributed by atoms with Crippen LogP contribution in [0, 0.1) is 12.3 Å². The molecule has 1 N–H and O–H groups in total. The molecule has 0 aromatic carbocycles. The number of nitrogens with one attached hydrogen (secondary N) is 1. The summed E-state index contributed by atoms with van der Waals surface area (Å²) in [6, 6.07) is 2.72. The van der Waals surface area contributed by atoms with Gasteiger partial charge in [0.15, 0.2) is 0 Å². The Labute approximate surface area is 114 Å². The quantitative estimate of drug-likeness (QED) is 0.821.